The van der Waals surface area contributed by atoms with Crippen molar-refractivity contribution in [3.8, 4) is 0 Å². The lowest BCUT2D eigenvalue weighted by atomic mass is 10.1. The van der Waals surface area contributed by atoms with E-state index in [4.69, 9.17) is 0 Å². The van der Waals surface area contributed by atoms with Crippen molar-refractivity contribution in [3.05, 3.63) is 22.8 Å². The molecule has 0 atom stereocenters. The number of hydrogen-bond acceptors (Lipinski definition) is 4. The number of rotatable bonds is 2. The van der Waals surface area contributed by atoms with Gasteiger partial charge in [-0.3, -0.25) is 0 Å². The Labute approximate surface area is 88.7 Å². The van der Waals surface area contributed by atoms with Crippen LogP contribution < -0.4 is 5.32 Å². The normalized spacial score (nSPS) is 15.3. The number of hydrogen-bond donors (Lipinski definition) is 1. The highest BCUT2D eigenvalue weighted by Gasteiger charge is 2.15. The van der Waals surface area contributed by atoms with Crippen molar-refractivity contribution in [2.75, 3.05) is 12.8 Å². The zero-order chi connectivity index (χ0) is 9.97. The second-order valence-corrected chi connectivity index (χ2v) is 4.59. The maximum atomic E-state index is 4.58. The van der Waals surface area contributed by atoms with E-state index in [1.807, 2.05) is 18.8 Å². The number of nitrogens with one attached hydrogen (secondary N) is 1. The van der Waals surface area contributed by atoms with E-state index < -0.39 is 0 Å². The van der Waals surface area contributed by atoms with Gasteiger partial charge in [0, 0.05) is 22.7 Å². The molecule has 1 aromatic rings. The van der Waals surface area contributed by atoms with Crippen LogP contribution in [0.25, 0.3) is 0 Å². The fourth-order valence-electron chi connectivity index (χ4n) is 1.69. The fourth-order valence-corrected chi connectivity index (χ4v) is 2.75. The molecule has 2 heterocycles. The van der Waals surface area contributed by atoms with Crippen LogP contribution in [0.5, 0.6) is 0 Å². The lowest BCUT2D eigenvalue weighted by Crippen LogP contribution is -2.15. The molecule has 0 saturated carbocycles. The monoisotopic (exact) mass is 209 g/mol. The van der Waals surface area contributed by atoms with Crippen LogP contribution in [0.15, 0.2) is 0 Å². The van der Waals surface area contributed by atoms with Crippen molar-refractivity contribution >= 4 is 11.8 Å². The van der Waals surface area contributed by atoms with Gasteiger partial charge in [0.1, 0.15) is 5.82 Å². The summed E-state index contributed by atoms with van der Waals surface area (Å²) in [5.41, 5.74) is 3.79. The van der Waals surface area contributed by atoms with E-state index in [0.29, 0.717) is 0 Å². The smallest absolute Gasteiger partial charge is 0.142 e. The molecule has 4 heteroatoms. The summed E-state index contributed by atoms with van der Waals surface area (Å²) < 4.78 is 0. The van der Waals surface area contributed by atoms with Crippen molar-refractivity contribution in [3.63, 3.8) is 0 Å². The van der Waals surface area contributed by atoms with E-state index in [1.165, 1.54) is 17.0 Å². The highest BCUT2D eigenvalue weighted by molar-refractivity contribution is 7.98. The molecular formula is C10H15N3S. The molecular weight excluding hydrogens is 194 g/mol. The minimum Gasteiger partial charge on any atom is -0.313 e. The first-order valence-electron chi connectivity index (χ1n) is 4.89. The number of nitrogens with zero attached hydrogens (tertiary/aromatic N) is 2. The summed E-state index contributed by atoms with van der Waals surface area (Å²) in [6.07, 6.45) is 1.10. The number of fused-ring (bicyclic) bond motifs is 1. The molecule has 0 aromatic carbocycles. The van der Waals surface area contributed by atoms with Gasteiger partial charge in [-0.05, 0) is 26.1 Å². The molecule has 0 saturated heterocycles. The predicted molar refractivity (Wildman–Crippen MR) is 59.4 cm³/mol. The van der Waals surface area contributed by atoms with Crippen LogP contribution in [0.3, 0.4) is 0 Å². The van der Waals surface area contributed by atoms with Gasteiger partial charge in [-0.1, -0.05) is 0 Å². The maximum absolute atomic E-state index is 4.58. The van der Waals surface area contributed by atoms with Gasteiger partial charge in [0.2, 0.25) is 0 Å². The summed E-state index contributed by atoms with van der Waals surface area (Å²) in [6, 6.07) is 0. The van der Waals surface area contributed by atoms with Crippen LogP contribution in [-0.4, -0.2) is 22.8 Å². The first kappa shape index (κ1) is 9.93. The SMILES string of the molecule is CNCc1nc(C)c2c(n1)CCSC2. The van der Waals surface area contributed by atoms with Crippen LogP contribution in [0.2, 0.25) is 0 Å². The topological polar surface area (TPSA) is 37.8 Å². The largest absolute Gasteiger partial charge is 0.313 e. The Morgan fingerprint density at radius 2 is 2.29 bits per heavy atom. The third-order valence-electron chi connectivity index (χ3n) is 2.41. The van der Waals surface area contributed by atoms with E-state index in [1.54, 1.807) is 0 Å². The lowest BCUT2D eigenvalue weighted by Gasteiger charge is -2.17. The molecule has 76 valence electrons. The van der Waals surface area contributed by atoms with Crippen LogP contribution >= 0.6 is 11.8 Å². The van der Waals surface area contributed by atoms with Crippen molar-refractivity contribution in [1.82, 2.24) is 15.3 Å². The average molecular weight is 209 g/mol. The van der Waals surface area contributed by atoms with Crippen molar-refractivity contribution in [1.29, 1.82) is 0 Å². The lowest BCUT2D eigenvalue weighted by molar-refractivity contribution is 0.735. The number of thioether (sulfide) groups is 1. The zero-order valence-electron chi connectivity index (χ0n) is 8.63. The van der Waals surface area contributed by atoms with Gasteiger partial charge in [-0.15, -0.1) is 0 Å². The van der Waals surface area contributed by atoms with Crippen molar-refractivity contribution in [2.24, 2.45) is 0 Å². The summed E-state index contributed by atoms with van der Waals surface area (Å²) in [7, 11) is 1.92. The summed E-state index contributed by atoms with van der Waals surface area (Å²) >= 11 is 1.98. The molecule has 1 aromatic heterocycles. The highest BCUT2D eigenvalue weighted by atomic mass is 32.2. The molecule has 14 heavy (non-hydrogen) atoms. The van der Waals surface area contributed by atoms with E-state index in [9.17, 15) is 0 Å². The Kier molecular flexibility index (Phi) is 3.03. The van der Waals surface area contributed by atoms with Crippen LogP contribution in [0.1, 0.15) is 22.8 Å². The van der Waals surface area contributed by atoms with Gasteiger partial charge >= 0.3 is 0 Å². The Morgan fingerprint density at radius 3 is 3.07 bits per heavy atom. The standard InChI is InChI=1S/C10H15N3S/c1-7-8-6-14-4-3-9(8)13-10(12-7)5-11-2/h11H,3-6H2,1-2H3. The van der Waals surface area contributed by atoms with Crippen molar-refractivity contribution < 1.29 is 0 Å². The molecule has 1 N–H and O–H groups in total. The molecule has 0 fully saturated rings. The molecule has 1 aliphatic heterocycles. The molecule has 0 bridgehead atoms. The van der Waals surface area contributed by atoms with Gasteiger partial charge < -0.3 is 5.32 Å². The van der Waals surface area contributed by atoms with Gasteiger partial charge in [-0.25, -0.2) is 9.97 Å². The van der Waals surface area contributed by atoms with E-state index in [-0.39, 0.29) is 0 Å². The second-order valence-electron chi connectivity index (χ2n) is 3.48. The van der Waals surface area contributed by atoms with E-state index in [0.717, 1.165) is 30.2 Å². The summed E-state index contributed by atoms with van der Waals surface area (Å²) in [6.45, 7) is 2.85. The van der Waals surface area contributed by atoms with Crippen LogP contribution in [0.4, 0.5) is 0 Å². The number of aryl methyl sites for hydroxylation is 2. The third kappa shape index (κ3) is 1.91. The third-order valence-corrected chi connectivity index (χ3v) is 3.40. The van der Waals surface area contributed by atoms with Gasteiger partial charge in [0.15, 0.2) is 0 Å². The summed E-state index contributed by atoms with van der Waals surface area (Å²) in [5.74, 6) is 3.21. The van der Waals surface area contributed by atoms with Gasteiger partial charge in [0.05, 0.1) is 6.54 Å². The molecule has 0 radical (unpaired) electrons. The van der Waals surface area contributed by atoms with Gasteiger partial charge in [-0.2, -0.15) is 11.8 Å². The molecule has 0 amide bonds. The fraction of sp³-hybridized carbons (Fsp3) is 0.600. The van der Waals surface area contributed by atoms with Gasteiger partial charge in [0.25, 0.3) is 0 Å². The summed E-state index contributed by atoms with van der Waals surface area (Å²) in [4.78, 5) is 9.07. The molecule has 0 spiro atoms. The maximum Gasteiger partial charge on any atom is 0.142 e. The van der Waals surface area contributed by atoms with E-state index >= 15 is 0 Å². The zero-order valence-corrected chi connectivity index (χ0v) is 9.45. The molecule has 0 aliphatic carbocycles. The first-order chi connectivity index (χ1) is 6.81. The second kappa shape index (κ2) is 4.28. The van der Waals surface area contributed by atoms with E-state index in [2.05, 4.69) is 22.2 Å². The molecule has 3 nitrogen and oxygen atoms in total. The highest BCUT2D eigenvalue weighted by Crippen LogP contribution is 2.24. The average Bonchev–Trinajstić information content (AvgIpc) is 2.18. The minimum absolute atomic E-state index is 0.765. The first-order valence-corrected chi connectivity index (χ1v) is 6.04. The Bertz CT molecular complexity index is 338. The Hall–Kier alpha value is -0.610. The van der Waals surface area contributed by atoms with Crippen LogP contribution in [0, 0.1) is 6.92 Å². The predicted octanol–water partition coefficient (Wildman–Crippen LogP) is 1.29. The van der Waals surface area contributed by atoms with Crippen LogP contribution in [-0.2, 0) is 18.7 Å². The molecule has 1 aliphatic rings. The summed E-state index contributed by atoms with van der Waals surface area (Å²) in [5, 5.41) is 3.09. The number of aromatic nitrogens is 2. The molecule has 2 rings (SSSR count). The van der Waals surface area contributed by atoms with Crippen molar-refractivity contribution in [2.45, 2.75) is 25.6 Å². The quantitative estimate of drug-likeness (QED) is 0.796. The Morgan fingerprint density at radius 1 is 1.43 bits per heavy atom. The molecule has 0 unspecified atom stereocenters. The minimum atomic E-state index is 0.765. The Balaban J connectivity index is 2.36.